The first kappa shape index (κ1) is 46.2. The minimum atomic E-state index is -1.27. The summed E-state index contributed by atoms with van der Waals surface area (Å²) in [6.45, 7) is 1.28. The van der Waals surface area contributed by atoms with Crippen LogP contribution in [0.2, 0.25) is 0 Å². The third-order valence-corrected chi connectivity index (χ3v) is 11.1. The Balaban J connectivity index is 0.00000420. The van der Waals surface area contributed by atoms with Crippen molar-refractivity contribution < 1.29 is 71.6 Å². The third-order valence-electron chi connectivity index (χ3n) is 11.1. The van der Waals surface area contributed by atoms with E-state index in [1.807, 2.05) is 40.3 Å². The second-order valence-electron chi connectivity index (χ2n) is 16.4. The maximum Gasteiger partial charge on any atom is 0.339 e. The molecule has 2 aliphatic carbocycles. The van der Waals surface area contributed by atoms with Crippen molar-refractivity contribution in [2.24, 2.45) is 11.8 Å². The molecule has 5 rings (SSSR count). The van der Waals surface area contributed by atoms with Crippen LogP contribution in [0.5, 0.6) is 0 Å². The number of halogens is 2. The molecule has 0 spiro atoms. The van der Waals surface area contributed by atoms with Crippen molar-refractivity contribution in [1.29, 1.82) is 10.5 Å². The normalized spacial score (nSPS) is 22.1. The molecule has 0 bridgehead atoms. The average Bonchev–Trinajstić information content (AvgIpc) is 3.16. The van der Waals surface area contributed by atoms with Gasteiger partial charge in [-0.1, -0.05) is 73.5 Å². The lowest BCUT2D eigenvalue weighted by Crippen LogP contribution is -3.00. The number of carbonyl (C=O) groups is 4. The largest absolute Gasteiger partial charge is 1.00 e. The molecule has 12 heteroatoms. The van der Waals surface area contributed by atoms with Gasteiger partial charge < -0.3 is 52.4 Å². The number of rotatable bonds is 14. The summed E-state index contributed by atoms with van der Waals surface area (Å²) in [5.41, 5.74) is -0.763. The molecule has 0 aliphatic heterocycles. The van der Waals surface area contributed by atoms with Crippen LogP contribution in [0.1, 0.15) is 92.8 Å². The number of nitrogens with zero attached hydrogens (tertiary/aromatic N) is 4. The van der Waals surface area contributed by atoms with Gasteiger partial charge in [0.15, 0.2) is 0 Å². The summed E-state index contributed by atoms with van der Waals surface area (Å²) in [4.78, 5) is 53.2. The number of hydrogen-bond acceptors (Lipinski definition) is 8. The highest BCUT2D eigenvalue weighted by Crippen LogP contribution is 2.40. The fraction of sp³-hybridized carbons (Fsp3) is 0.455. The van der Waals surface area contributed by atoms with Crippen molar-refractivity contribution >= 4 is 23.5 Å². The van der Waals surface area contributed by atoms with Gasteiger partial charge in [0, 0.05) is 24.0 Å². The molecule has 56 heavy (non-hydrogen) atoms. The number of ketones is 2. The molecular weight excluding hydrogens is 840 g/mol. The fourth-order valence-electron chi connectivity index (χ4n) is 8.24. The van der Waals surface area contributed by atoms with E-state index >= 15 is 0 Å². The smallest absolute Gasteiger partial charge is 0.339 e. The quantitative estimate of drug-likeness (QED) is 0.132. The van der Waals surface area contributed by atoms with Crippen LogP contribution in [0.4, 0.5) is 0 Å². The van der Waals surface area contributed by atoms with Crippen LogP contribution in [0.25, 0.3) is 0 Å². The van der Waals surface area contributed by atoms with Crippen molar-refractivity contribution in [3.8, 4) is 12.1 Å². The van der Waals surface area contributed by atoms with E-state index in [2.05, 4.69) is 12.1 Å². The molecule has 0 amide bonds. The van der Waals surface area contributed by atoms with E-state index in [1.165, 1.54) is 0 Å². The predicted molar refractivity (Wildman–Crippen MR) is 203 cm³/mol. The molecule has 4 unspecified atom stereocenters. The molecule has 0 aromatic heterocycles. The number of quaternary nitrogens is 2. The van der Waals surface area contributed by atoms with E-state index in [4.69, 9.17) is 9.47 Å². The SMILES string of the molecule is C[N+](C)(CC(=O)c1ccc(C(=O)C[N+](C)(C)CC2CCCCC2(C#N)OC(=O)c2ccccc2)cc1)CC1CCCCC1(C#N)OC(=O)c1ccccc1.[Br-].[Br-]. The summed E-state index contributed by atoms with van der Waals surface area (Å²) < 4.78 is 12.5. The van der Waals surface area contributed by atoms with Crippen LogP contribution >= 0.6 is 0 Å². The maximum atomic E-state index is 13.6. The Morgan fingerprint density at radius 2 is 0.911 bits per heavy atom. The number of esters is 2. The summed E-state index contributed by atoms with van der Waals surface area (Å²) in [6, 6.07) is 28.8. The van der Waals surface area contributed by atoms with E-state index in [-0.39, 0.29) is 70.5 Å². The van der Waals surface area contributed by atoms with Gasteiger partial charge in [-0.15, -0.1) is 0 Å². The molecule has 0 heterocycles. The van der Waals surface area contributed by atoms with Gasteiger partial charge in [-0.25, -0.2) is 9.59 Å². The molecular formula is C44H52Br2N4O6. The highest BCUT2D eigenvalue weighted by Gasteiger charge is 2.49. The van der Waals surface area contributed by atoms with Crippen LogP contribution in [-0.2, 0) is 9.47 Å². The van der Waals surface area contributed by atoms with Crippen molar-refractivity contribution in [2.45, 2.75) is 62.6 Å². The summed E-state index contributed by atoms with van der Waals surface area (Å²) in [5, 5.41) is 20.7. The average molecular weight is 893 g/mol. The van der Waals surface area contributed by atoms with E-state index in [1.54, 1.807) is 72.8 Å². The molecule has 0 N–H and O–H groups in total. The number of carbonyl (C=O) groups excluding carboxylic acids is 4. The molecule has 0 radical (unpaired) electrons. The first-order valence-corrected chi connectivity index (χ1v) is 18.9. The van der Waals surface area contributed by atoms with Crippen LogP contribution in [0.3, 0.4) is 0 Å². The minimum absolute atomic E-state index is 0. The van der Waals surface area contributed by atoms with E-state index in [0.29, 0.717) is 70.0 Å². The first-order chi connectivity index (χ1) is 25.7. The molecule has 298 valence electrons. The number of Topliss-reactive ketones (excluding diaryl/α,β-unsaturated/α-hetero) is 2. The second kappa shape index (κ2) is 19.8. The molecule has 2 saturated carbocycles. The van der Waals surface area contributed by atoms with Gasteiger partial charge in [0.1, 0.15) is 25.2 Å². The Bertz CT molecular complexity index is 1770. The van der Waals surface area contributed by atoms with Gasteiger partial charge >= 0.3 is 11.9 Å². The molecule has 2 aliphatic rings. The summed E-state index contributed by atoms with van der Waals surface area (Å²) in [7, 11) is 7.78. The zero-order valence-corrected chi connectivity index (χ0v) is 35.9. The van der Waals surface area contributed by atoms with Crippen LogP contribution in [0.15, 0.2) is 84.9 Å². The molecule has 3 aromatic rings. The van der Waals surface area contributed by atoms with Crippen LogP contribution in [-0.4, -0.2) is 98.0 Å². The number of benzene rings is 3. The zero-order chi connectivity index (χ0) is 39.0. The van der Waals surface area contributed by atoms with E-state index in [0.717, 1.165) is 25.7 Å². The van der Waals surface area contributed by atoms with Crippen molar-refractivity contribution in [3.63, 3.8) is 0 Å². The maximum absolute atomic E-state index is 13.6. The highest BCUT2D eigenvalue weighted by molar-refractivity contribution is 6.00. The van der Waals surface area contributed by atoms with Crippen LogP contribution < -0.4 is 34.0 Å². The van der Waals surface area contributed by atoms with Gasteiger partial charge in [0.25, 0.3) is 0 Å². The van der Waals surface area contributed by atoms with Gasteiger partial charge in [-0.3, -0.25) is 9.59 Å². The summed E-state index contributed by atoms with van der Waals surface area (Å²) >= 11 is 0. The molecule has 3 aromatic carbocycles. The molecule has 0 saturated heterocycles. The van der Waals surface area contributed by atoms with E-state index in [9.17, 15) is 29.7 Å². The Morgan fingerprint density at radius 3 is 1.23 bits per heavy atom. The summed E-state index contributed by atoms with van der Waals surface area (Å²) in [6.07, 6.45) is 5.73. The fourth-order valence-corrected chi connectivity index (χ4v) is 8.24. The molecule has 2 fully saturated rings. The van der Waals surface area contributed by atoms with Crippen molar-refractivity contribution in [2.75, 3.05) is 54.4 Å². The van der Waals surface area contributed by atoms with Crippen molar-refractivity contribution in [1.82, 2.24) is 0 Å². The van der Waals surface area contributed by atoms with Gasteiger partial charge in [0.05, 0.1) is 64.2 Å². The second-order valence-corrected chi connectivity index (χ2v) is 16.4. The van der Waals surface area contributed by atoms with Gasteiger partial charge in [-0.2, -0.15) is 10.5 Å². The predicted octanol–water partition coefficient (Wildman–Crippen LogP) is 0.832. The minimum Gasteiger partial charge on any atom is -1.00 e. The number of ether oxygens (including phenoxy) is 2. The zero-order valence-electron chi connectivity index (χ0n) is 32.7. The number of nitriles is 2. The Morgan fingerprint density at radius 1 is 0.571 bits per heavy atom. The lowest BCUT2D eigenvalue weighted by Gasteiger charge is -2.42. The topological polar surface area (TPSA) is 134 Å². The summed E-state index contributed by atoms with van der Waals surface area (Å²) in [5.74, 6) is -1.70. The van der Waals surface area contributed by atoms with Crippen molar-refractivity contribution in [3.05, 3.63) is 107 Å². The highest BCUT2D eigenvalue weighted by atomic mass is 79.9. The standard InChI is InChI=1S/C44H52N4O6.2BrH/c1-47(2,27-37-19-11-13-25-43(37,31-45)53-41(51)35-15-7-5-8-16-35)29-39(49)33-21-23-34(24-22-33)40(50)30-48(3,4)28-38-20-12-14-26-44(38,32-46)54-42(52)36-17-9-6-10-18-36;;/h5-10,15-18,21-24,37-38H,11-14,19-20,25-30H2,1-4H3;2*1H/q+2;;/p-2. The Hall–Kier alpha value is -4.20. The number of hydrogen-bond donors (Lipinski definition) is 0. The molecule has 10 nitrogen and oxygen atoms in total. The monoisotopic (exact) mass is 890 g/mol. The van der Waals surface area contributed by atoms with E-state index < -0.39 is 23.1 Å². The number of likely N-dealkylation sites (N-methyl/N-ethyl adjacent to an activating group) is 2. The first-order valence-electron chi connectivity index (χ1n) is 18.9. The third kappa shape index (κ3) is 11.4. The van der Waals surface area contributed by atoms with Gasteiger partial charge in [-0.05, 0) is 49.9 Å². The molecule has 4 atom stereocenters. The van der Waals surface area contributed by atoms with Crippen LogP contribution in [0, 0.1) is 34.5 Å². The lowest BCUT2D eigenvalue weighted by atomic mass is 9.75. The Labute approximate surface area is 352 Å². The lowest BCUT2D eigenvalue weighted by molar-refractivity contribution is -0.886. The Kier molecular flexibility index (Phi) is 16.3. The van der Waals surface area contributed by atoms with Gasteiger partial charge in [0.2, 0.25) is 22.8 Å².